The van der Waals surface area contributed by atoms with Crippen molar-refractivity contribution in [3.8, 4) is 11.3 Å². The SMILES string of the molecule is CCOC(=O)c1cc(-c2ccc(CC)cc2)n[nH]c1=O. The van der Waals surface area contributed by atoms with Crippen LogP contribution in [0.25, 0.3) is 11.3 Å². The highest BCUT2D eigenvalue weighted by molar-refractivity contribution is 5.90. The predicted octanol–water partition coefficient (Wildman–Crippen LogP) is 2.18. The first-order chi connectivity index (χ1) is 9.65. The zero-order valence-corrected chi connectivity index (χ0v) is 11.5. The van der Waals surface area contributed by atoms with Gasteiger partial charge in [0.05, 0.1) is 12.3 Å². The number of H-pyrrole nitrogens is 1. The Hall–Kier alpha value is -2.43. The number of carbonyl (C=O) groups is 1. The van der Waals surface area contributed by atoms with Crippen LogP contribution in [0.1, 0.15) is 29.8 Å². The number of hydrogen-bond acceptors (Lipinski definition) is 4. The van der Waals surface area contributed by atoms with E-state index in [0.29, 0.717) is 5.69 Å². The maximum Gasteiger partial charge on any atom is 0.343 e. The van der Waals surface area contributed by atoms with Crippen molar-refractivity contribution in [2.24, 2.45) is 0 Å². The first kappa shape index (κ1) is 14.0. The minimum atomic E-state index is -0.637. The molecule has 0 saturated carbocycles. The van der Waals surface area contributed by atoms with Crippen molar-refractivity contribution in [3.63, 3.8) is 0 Å². The Bertz CT molecular complexity index is 660. The van der Waals surface area contributed by atoms with Crippen LogP contribution in [0, 0.1) is 0 Å². The zero-order valence-electron chi connectivity index (χ0n) is 11.5. The Morgan fingerprint density at radius 2 is 1.95 bits per heavy atom. The van der Waals surface area contributed by atoms with Gasteiger partial charge in [-0.3, -0.25) is 4.79 Å². The molecular weight excluding hydrogens is 256 g/mol. The van der Waals surface area contributed by atoms with Crippen LogP contribution in [0.3, 0.4) is 0 Å². The fourth-order valence-corrected chi connectivity index (χ4v) is 1.83. The molecule has 0 aliphatic rings. The second kappa shape index (κ2) is 6.14. The van der Waals surface area contributed by atoms with Crippen molar-refractivity contribution in [3.05, 3.63) is 51.8 Å². The molecule has 1 aromatic heterocycles. The molecule has 1 N–H and O–H groups in total. The molecule has 5 nitrogen and oxygen atoms in total. The number of aromatic nitrogens is 2. The lowest BCUT2D eigenvalue weighted by atomic mass is 10.1. The second-order valence-corrected chi connectivity index (χ2v) is 4.27. The summed E-state index contributed by atoms with van der Waals surface area (Å²) in [5.74, 6) is -0.637. The van der Waals surface area contributed by atoms with E-state index in [1.807, 2.05) is 24.3 Å². The van der Waals surface area contributed by atoms with E-state index in [2.05, 4.69) is 17.1 Å². The number of esters is 1. The standard InChI is InChI=1S/C15H16N2O3/c1-3-10-5-7-11(8-6-10)13-9-12(14(18)17-16-13)15(19)20-4-2/h5-9H,3-4H2,1-2H3,(H,17,18). The van der Waals surface area contributed by atoms with Gasteiger partial charge in [0.1, 0.15) is 5.56 Å². The highest BCUT2D eigenvalue weighted by Gasteiger charge is 2.13. The van der Waals surface area contributed by atoms with Crippen molar-refractivity contribution in [1.29, 1.82) is 0 Å². The molecule has 2 rings (SSSR count). The Labute approximate surface area is 116 Å². The molecule has 0 atom stereocenters. The van der Waals surface area contributed by atoms with Crippen molar-refractivity contribution in [1.82, 2.24) is 10.2 Å². The van der Waals surface area contributed by atoms with E-state index >= 15 is 0 Å². The minimum absolute atomic E-state index is 0.0311. The Balaban J connectivity index is 2.39. The molecular formula is C15H16N2O3. The largest absolute Gasteiger partial charge is 0.462 e. The third kappa shape index (κ3) is 2.93. The molecule has 0 aliphatic heterocycles. The zero-order chi connectivity index (χ0) is 14.5. The highest BCUT2D eigenvalue weighted by atomic mass is 16.5. The maximum absolute atomic E-state index is 11.7. The number of aromatic amines is 1. The molecule has 0 bridgehead atoms. The minimum Gasteiger partial charge on any atom is -0.462 e. The smallest absolute Gasteiger partial charge is 0.343 e. The molecule has 1 heterocycles. The molecule has 20 heavy (non-hydrogen) atoms. The lowest BCUT2D eigenvalue weighted by Crippen LogP contribution is -2.21. The van der Waals surface area contributed by atoms with E-state index in [0.717, 1.165) is 12.0 Å². The van der Waals surface area contributed by atoms with Gasteiger partial charge in [-0.05, 0) is 25.0 Å². The lowest BCUT2D eigenvalue weighted by Gasteiger charge is -2.04. The van der Waals surface area contributed by atoms with Gasteiger partial charge in [0.15, 0.2) is 0 Å². The lowest BCUT2D eigenvalue weighted by molar-refractivity contribution is 0.0524. The van der Waals surface area contributed by atoms with Gasteiger partial charge in [0.25, 0.3) is 5.56 Å². The molecule has 0 radical (unpaired) electrons. The number of nitrogens with one attached hydrogen (secondary N) is 1. The van der Waals surface area contributed by atoms with Crippen LogP contribution in [0.4, 0.5) is 0 Å². The molecule has 5 heteroatoms. The summed E-state index contributed by atoms with van der Waals surface area (Å²) in [6.45, 7) is 3.99. The number of ether oxygens (including phenoxy) is 1. The summed E-state index contributed by atoms with van der Waals surface area (Å²) in [5.41, 5.74) is 2.01. The van der Waals surface area contributed by atoms with Gasteiger partial charge in [-0.1, -0.05) is 31.2 Å². The van der Waals surface area contributed by atoms with Gasteiger partial charge < -0.3 is 4.74 Å². The molecule has 2 aromatic rings. The van der Waals surface area contributed by atoms with Gasteiger partial charge in [0.2, 0.25) is 0 Å². The second-order valence-electron chi connectivity index (χ2n) is 4.27. The third-order valence-corrected chi connectivity index (χ3v) is 2.96. The van der Waals surface area contributed by atoms with Crippen LogP contribution in [0.5, 0.6) is 0 Å². The average molecular weight is 272 g/mol. The molecule has 1 aromatic carbocycles. The first-order valence-corrected chi connectivity index (χ1v) is 6.51. The van der Waals surface area contributed by atoms with Gasteiger partial charge >= 0.3 is 5.97 Å². The van der Waals surface area contributed by atoms with E-state index in [4.69, 9.17) is 4.74 Å². The summed E-state index contributed by atoms with van der Waals surface area (Å²) in [4.78, 5) is 23.3. The van der Waals surface area contributed by atoms with Crippen LogP contribution in [0.2, 0.25) is 0 Å². The molecule has 104 valence electrons. The van der Waals surface area contributed by atoms with Gasteiger partial charge in [-0.15, -0.1) is 0 Å². The summed E-state index contributed by atoms with van der Waals surface area (Å²) in [7, 11) is 0. The quantitative estimate of drug-likeness (QED) is 0.866. The molecule has 0 amide bonds. The van der Waals surface area contributed by atoms with Crippen molar-refractivity contribution >= 4 is 5.97 Å². The Morgan fingerprint density at radius 3 is 2.55 bits per heavy atom. The van der Waals surface area contributed by atoms with Crippen LogP contribution in [0.15, 0.2) is 35.1 Å². The van der Waals surface area contributed by atoms with Crippen LogP contribution in [-0.4, -0.2) is 22.8 Å². The molecule has 0 unspecified atom stereocenters. The van der Waals surface area contributed by atoms with Crippen LogP contribution in [-0.2, 0) is 11.2 Å². The first-order valence-electron chi connectivity index (χ1n) is 6.51. The van der Waals surface area contributed by atoms with E-state index < -0.39 is 11.5 Å². The number of benzene rings is 1. The van der Waals surface area contributed by atoms with Crippen molar-refractivity contribution in [2.45, 2.75) is 20.3 Å². The number of carbonyl (C=O) groups excluding carboxylic acids is 1. The van der Waals surface area contributed by atoms with E-state index in [9.17, 15) is 9.59 Å². The van der Waals surface area contributed by atoms with Gasteiger partial charge in [-0.25, -0.2) is 9.89 Å². The monoisotopic (exact) mass is 272 g/mol. The van der Waals surface area contributed by atoms with E-state index in [1.165, 1.54) is 11.6 Å². The molecule has 0 fully saturated rings. The number of hydrogen-bond donors (Lipinski definition) is 1. The molecule has 0 saturated heterocycles. The Morgan fingerprint density at radius 1 is 1.25 bits per heavy atom. The van der Waals surface area contributed by atoms with Crippen LogP contribution < -0.4 is 5.56 Å². The van der Waals surface area contributed by atoms with E-state index in [1.54, 1.807) is 6.92 Å². The van der Waals surface area contributed by atoms with Gasteiger partial charge in [0, 0.05) is 5.56 Å². The fraction of sp³-hybridized carbons (Fsp3) is 0.267. The fourth-order valence-electron chi connectivity index (χ4n) is 1.83. The number of nitrogens with zero attached hydrogens (tertiary/aromatic N) is 1. The third-order valence-electron chi connectivity index (χ3n) is 2.96. The normalized spacial score (nSPS) is 10.3. The molecule has 0 aliphatic carbocycles. The topological polar surface area (TPSA) is 72.0 Å². The summed E-state index contributed by atoms with van der Waals surface area (Å²) < 4.78 is 4.85. The van der Waals surface area contributed by atoms with Gasteiger partial charge in [-0.2, -0.15) is 5.10 Å². The predicted molar refractivity (Wildman–Crippen MR) is 75.6 cm³/mol. The summed E-state index contributed by atoms with van der Waals surface area (Å²) >= 11 is 0. The van der Waals surface area contributed by atoms with Crippen molar-refractivity contribution < 1.29 is 9.53 Å². The number of aryl methyl sites for hydroxylation is 1. The average Bonchev–Trinajstić information content (AvgIpc) is 2.48. The summed E-state index contributed by atoms with van der Waals surface area (Å²) in [6.07, 6.45) is 0.952. The van der Waals surface area contributed by atoms with E-state index in [-0.39, 0.29) is 12.2 Å². The Kier molecular flexibility index (Phi) is 4.30. The highest BCUT2D eigenvalue weighted by Crippen LogP contribution is 2.17. The molecule has 0 spiro atoms. The van der Waals surface area contributed by atoms with Crippen LogP contribution >= 0.6 is 0 Å². The summed E-state index contributed by atoms with van der Waals surface area (Å²) in [6, 6.07) is 9.26. The number of rotatable bonds is 4. The summed E-state index contributed by atoms with van der Waals surface area (Å²) in [5, 5.41) is 6.29. The maximum atomic E-state index is 11.7. The van der Waals surface area contributed by atoms with Crippen molar-refractivity contribution in [2.75, 3.05) is 6.61 Å².